The van der Waals surface area contributed by atoms with Crippen LogP contribution in [0, 0.1) is 0 Å². The summed E-state index contributed by atoms with van der Waals surface area (Å²) in [7, 11) is 1.79. The van der Waals surface area contributed by atoms with E-state index in [-0.39, 0.29) is 29.5 Å². The fourth-order valence-electron chi connectivity index (χ4n) is 4.34. The quantitative estimate of drug-likeness (QED) is 0.307. The Morgan fingerprint density at radius 1 is 1.21 bits per heavy atom. The van der Waals surface area contributed by atoms with Gasteiger partial charge in [-0.15, -0.1) is 24.0 Å². The van der Waals surface area contributed by atoms with Crippen molar-refractivity contribution in [1.29, 1.82) is 0 Å². The fourth-order valence-corrected chi connectivity index (χ4v) is 4.34. The Morgan fingerprint density at radius 3 is 2.59 bits per heavy atom. The highest BCUT2D eigenvalue weighted by atomic mass is 127. The van der Waals surface area contributed by atoms with Crippen LogP contribution in [0.2, 0.25) is 0 Å². The van der Waals surface area contributed by atoms with Crippen LogP contribution in [0.5, 0.6) is 0 Å². The first-order valence-electron chi connectivity index (χ1n) is 10.3. The molecule has 3 rings (SSSR count). The summed E-state index contributed by atoms with van der Waals surface area (Å²) in [5.74, 6) is 0.372. The van der Waals surface area contributed by atoms with Crippen LogP contribution >= 0.6 is 24.0 Å². The van der Waals surface area contributed by atoms with Gasteiger partial charge in [0.15, 0.2) is 5.96 Å². The molecular weight excluding hydrogens is 481 g/mol. The molecule has 8 heteroatoms. The predicted octanol–water partition coefficient (Wildman–Crippen LogP) is 2.10. The summed E-state index contributed by atoms with van der Waals surface area (Å²) in [4.78, 5) is 18.4. The summed E-state index contributed by atoms with van der Waals surface area (Å²) < 4.78 is 5.57. The van der Waals surface area contributed by atoms with E-state index in [9.17, 15) is 4.79 Å². The molecule has 1 saturated carbocycles. The number of nitrogens with one attached hydrogen (secondary N) is 2. The number of nitrogens with two attached hydrogens (primary N) is 1. The number of aliphatic imine (C=N–C) groups is 1. The minimum Gasteiger partial charge on any atom is -0.379 e. The number of halogens is 1. The third-order valence-electron chi connectivity index (χ3n) is 5.95. The van der Waals surface area contributed by atoms with E-state index in [1.54, 1.807) is 13.1 Å². The fraction of sp³-hybridized carbons (Fsp3) is 0.619. The molecule has 1 heterocycles. The highest BCUT2D eigenvalue weighted by Crippen LogP contribution is 2.33. The van der Waals surface area contributed by atoms with Crippen molar-refractivity contribution in [3.05, 3.63) is 35.4 Å². The molecule has 1 amide bonds. The van der Waals surface area contributed by atoms with Crippen LogP contribution < -0.4 is 16.4 Å². The van der Waals surface area contributed by atoms with E-state index in [1.165, 1.54) is 32.1 Å². The van der Waals surface area contributed by atoms with Crippen LogP contribution in [0.25, 0.3) is 0 Å². The number of amides is 1. The second-order valence-corrected chi connectivity index (χ2v) is 7.73. The maximum absolute atomic E-state index is 11.4. The predicted molar refractivity (Wildman–Crippen MR) is 127 cm³/mol. The maximum Gasteiger partial charge on any atom is 0.248 e. The number of ether oxygens (including phenoxy) is 1. The van der Waals surface area contributed by atoms with Gasteiger partial charge in [0.1, 0.15) is 0 Å². The van der Waals surface area contributed by atoms with Crippen LogP contribution in [-0.4, -0.2) is 62.2 Å². The van der Waals surface area contributed by atoms with E-state index in [1.807, 2.05) is 18.2 Å². The minimum atomic E-state index is -0.408. The summed E-state index contributed by atoms with van der Waals surface area (Å²) in [6.07, 6.45) is 6.33. The smallest absolute Gasteiger partial charge is 0.248 e. The number of benzene rings is 1. The third-order valence-corrected chi connectivity index (χ3v) is 5.95. The van der Waals surface area contributed by atoms with Gasteiger partial charge in [0.2, 0.25) is 5.91 Å². The topological polar surface area (TPSA) is 92.0 Å². The number of hydrogen-bond donors (Lipinski definition) is 3. The zero-order valence-corrected chi connectivity index (χ0v) is 19.6. The lowest BCUT2D eigenvalue weighted by atomic mass is 9.80. The molecule has 1 saturated heterocycles. The molecule has 0 spiro atoms. The molecule has 29 heavy (non-hydrogen) atoms. The molecule has 0 radical (unpaired) electrons. The Kier molecular flexibility index (Phi) is 9.64. The van der Waals surface area contributed by atoms with Gasteiger partial charge in [-0.25, -0.2) is 0 Å². The van der Waals surface area contributed by atoms with Crippen molar-refractivity contribution in [2.24, 2.45) is 10.7 Å². The number of guanidine groups is 1. The second-order valence-electron chi connectivity index (χ2n) is 7.73. The average molecular weight is 515 g/mol. The summed E-state index contributed by atoms with van der Waals surface area (Å²) in [5, 5.41) is 6.90. The van der Waals surface area contributed by atoms with Gasteiger partial charge in [0.05, 0.1) is 13.2 Å². The largest absolute Gasteiger partial charge is 0.379 e. The Morgan fingerprint density at radius 2 is 1.93 bits per heavy atom. The van der Waals surface area contributed by atoms with Crippen molar-refractivity contribution >= 4 is 35.8 Å². The van der Waals surface area contributed by atoms with Gasteiger partial charge in [-0.3, -0.25) is 14.7 Å². The van der Waals surface area contributed by atoms with Crippen LogP contribution in [-0.2, 0) is 11.3 Å². The summed E-state index contributed by atoms with van der Waals surface area (Å²) >= 11 is 0. The van der Waals surface area contributed by atoms with E-state index in [4.69, 9.17) is 10.5 Å². The molecule has 0 bridgehead atoms. The number of nitrogens with zero attached hydrogens (tertiary/aromatic N) is 2. The van der Waals surface area contributed by atoms with Gasteiger partial charge >= 0.3 is 0 Å². The molecule has 1 aromatic rings. The van der Waals surface area contributed by atoms with E-state index < -0.39 is 5.91 Å². The normalized spacial score (nSPS) is 19.8. The first-order valence-corrected chi connectivity index (χ1v) is 10.3. The number of primary amides is 1. The monoisotopic (exact) mass is 515 g/mol. The van der Waals surface area contributed by atoms with Gasteiger partial charge in [0.25, 0.3) is 0 Å². The highest BCUT2D eigenvalue weighted by molar-refractivity contribution is 14.0. The van der Waals surface area contributed by atoms with Gasteiger partial charge in [-0.05, 0) is 30.5 Å². The Bertz CT molecular complexity index is 685. The zero-order valence-electron chi connectivity index (χ0n) is 17.3. The van der Waals surface area contributed by atoms with Gasteiger partial charge in [-0.2, -0.15) is 0 Å². The van der Waals surface area contributed by atoms with Crippen molar-refractivity contribution in [2.75, 3.05) is 39.9 Å². The molecule has 0 atom stereocenters. The second kappa shape index (κ2) is 11.7. The van der Waals surface area contributed by atoms with Crippen LogP contribution in [0.4, 0.5) is 0 Å². The van der Waals surface area contributed by atoms with Crippen LogP contribution in [0.1, 0.15) is 48.0 Å². The molecule has 4 N–H and O–H groups in total. The Hall–Kier alpha value is -1.39. The van der Waals surface area contributed by atoms with Crippen LogP contribution in [0.15, 0.2) is 29.3 Å². The van der Waals surface area contributed by atoms with E-state index >= 15 is 0 Å². The zero-order chi connectivity index (χ0) is 19.8. The van der Waals surface area contributed by atoms with E-state index in [0.717, 1.165) is 44.4 Å². The lowest BCUT2D eigenvalue weighted by Gasteiger charge is -2.48. The van der Waals surface area contributed by atoms with Crippen molar-refractivity contribution in [2.45, 2.75) is 44.2 Å². The number of morpholine rings is 1. The Labute approximate surface area is 190 Å². The van der Waals surface area contributed by atoms with Gasteiger partial charge in [-0.1, -0.05) is 31.4 Å². The Balaban J connectivity index is 0.00000300. The average Bonchev–Trinajstić information content (AvgIpc) is 2.75. The molecule has 2 aliphatic rings. The number of rotatable bonds is 6. The molecule has 162 valence electrons. The molecule has 0 aromatic heterocycles. The van der Waals surface area contributed by atoms with Gasteiger partial charge in [0, 0.05) is 44.3 Å². The molecule has 0 unspecified atom stereocenters. The van der Waals surface area contributed by atoms with Crippen molar-refractivity contribution in [3.8, 4) is 0 Å². The standard InChI is InChI=1S/C21H33N5O2.HI/c1-23-20(24-15-17-6-5-7-18(14-17)19(22)27)25-16-21(8-3-2-4-9-21)26-10-12-28-13-11-26;/h5-7,14H,2-4,8-13,15-16H2,1H3,(H2,22,27)(H2,23,24,25);1H. The molecule has 2 fully saturated rings. The lowest BCUT2D eigenvalue weighted by Crippen LogP contribution is -2.60. The highest BCUT2D eigenvalue weighted by Gasteiger charge is 2.38. The van der Waals surface area contributed by atoms with Crippen LogP contribution in [0.3, 0.4) is 0 Å². The van der Waals surface area contributed by atoms with Crippen molar-refractivity contribution < 1.29 is 9.53 Å². The minimum absolute atomic E-state index is 0. The third kappa shape index (κ3) is 6.55. The van der Waals surface area contributed by atoms with Crippen molar-refractivity contribution in [1.82, 2.24) is 15.5 Å². The first-order chi connectivity index (χ1) is 13.6. The lowest BCUT2D eigenvalue weighted by molar-refractivity contribution is -0.0352. The summed E-state index contributed by atoms with van der Waals surface area (Å²) in [6, 6.07) is 7.37. The number of carbonyl (C=O) groups is 1. The van der Waals surface area contributed by atoms with Gasteiger partial charge < -0.3 is 21.1 Å². The summed E-state index contributed by atoms with van der Waals surface area (Å²) in [5.41, 5.74) is 7.08. The molecule has 1 aromatic carbocycles. The SMILES string of the molecule is CN=C(NCc1cccc(C(N)=O)c1)NCC1(N2CCOCC2)CCCCC1.I. The molecular formula is C21H34IN5O2. The maximum atomic E-state index is 11.4. The first kappa shape index (κ1) is 23.9. The summed E-state index contributed by atoms with van der Waals surface area (Å²) in [6.45, 7) is 5.14. The number of carbonyl (C=O) groups excluding carboxylic acids is 1. The molecule has 7 nitrogen and oxygen atoms in total. The van der Waals surface area contributed by atoms with Crippen molar-refractivity contribution in [3.63, 3.8) is 0 Å². The molecule has 1 aliphatic carbocycles. The number of hydrogen-bond acceptors (Lipinski definition) is 4. The molecule has 1 aliphatic heterocycles. The van der Waals surface area contributed by atoms with E-state index in [0.29, 0.717) is 12.1 Å². The van der Waals surface area contributed by atoms with E-state index in [2.05, 4.69) is 20.5 Å².